The highest BCUT2D eigenvalue weighted by Gasteiger charge is 2.19. The molecule has 0 aliphatic heterocycles. The molecule has 1 fully saturated rings. The van der Waals surface area contributed by atoms with Crippen LogP contribution in [0.25, 0.3) is 0 Å². The smallest absolute Gasteiger partial charge is 0.0693 e. The van der Waals surface area contributed by atoms with E-state index in [-0.39, 0.29) is 0 Å². The van der Waals surface area contributed by atoms with E-state index in [1.807, 2.05) is 0 Å². The first-order valence-corrected chi connectivity index (χ1v) is 6.89. The van der Waals surface area contributed by atoms with Gasteiger partial charge in [-0.2, -0.15) is 0 Å². The molecule has 16 heavy (non-hydrogen) atoms. The van der Waals surface area contributed by atoms with E-state index in [4.69, 9.17) is 4.74 Å². The molecule has 1 N–H and O–H groups in total. The van der Waals surface area contributed by atoms with Gasteiger partial charge in [-0.05, 0) is 45.1 Å². The Morgan fingerprint density at radius 3 is 2.69 bits per heavy atom. The number of hydrogen-bond donors (Lipinski definition) is 1. The van der Waals surface area contributed by atoms with Gasteiger partial charge in [0.1, 0.15) is 0 Å². The third-order valence-electron chi connectivity index (χ3n) is 4.14. The van der Waals surface area contributed by atoms with E-state index in [0.717, 1.165) is 18.4 Å². The van der Waals surface area contributed by atoms with E-state index < -0.39 is 0 Å². The third kappa shape index (κ3) is 4.84. The molecule has 0 aromatic heterocycles. The summed E-state index contributed by atoms with van der Waals surface area (Å²) >= 11 is 0. The van der Waals surface area contributed by atoms with E-state index >= 15 is 0 Å². The highest BCUT2D eigenvalue weighted by Crippen LogP contribution is 2.30. The molecule has 2 heteroatoms. The van der Waals surface area contributed by atoms with Crippen LogP contribution in [-0.2, 0) is 4.74 Å². The first kappa shape index (κ1) is 14.0. The Kier molecular flexibility index (Phi) is 6.37. The number of ether oxygens (including phenoxy) is 1. The van der Waals surface area contributed by atoms with Gasteiger partial charge >= 0.3 is 0 Å². The van der Waals surface area contributed by atoms with Crippen molar-refractivity contribution in [3.05, 3.63) is 0 Å². The number of methoxy groups -OCH3 is 1. The third-order valence-corrected chi connectivity index (χ3v) is 4.14. The zero-order valence-electron chi connectivity index (χ0n) is 11.5. The standard InChI is InChI=1S/C14H29NO/c1-11-6-5-7-14(10-11)8-9-15-12(2)13(3)16-4/h11-15H,5-10H2,1-4H3. The minimum Gasteiger partial charge on any atom is -0.380 e. The number of nitrogens with one attached hydrogen (secondary N) is 1. The Labute approximate surface area is 101 Å². The lowest BCUT2D eigenvalue weighted by Gasteiger charge is -2.27. The molecule has 1 rings (SSSR count). The molecule has 0 aromatic rings. The fraction of sp³-hybridized carbons (Fsp3) is 1.00. The van der Waals surface area contributed by atoms with Crippen molar-refractivity contribution < 1.29 is 4.74 Å². The molecule has 0 heterocycles. The van der Waals surface area contributed by atoms with Crippen LogP contribution in [0.15, 0.2) is 0 Å². The molecular weight excluding hydrogens is 198 g/mol. The molecule has 2 nitrogen and oxygen atoms in total. The van der Waals surface area contributed by atoms with Crippen molar-refractivity contribution in [2.24, 2.45) is 11.8 Å². The molecule has 1 aliphatic rings. The van der Waals surface area contributed by atoms with Gasteiger partial charge in [-0.25, -0.2) is 0 Å². The van der Waals surface area contributed by atoms with E-state index in [1.54, 1.807) is 7.11 Å². The number of hydrogen-bond acceptors (Lipinski definition) is 2. The first-order valence-electron chi connectivity index (χ1n) is 6.89. The Bertz CT molecular complexity index is 184. The molecule has 0 saturated heterocycles. The van der Waals surface area contributed by atoms with Crippen LogP contribution < -0.4 is 5.32 Å². The van der Waals surface area contributed by atoms with Gasteiger partial charge in [0.05, 0.1) is 6.10 Å². The summed E-state index contributed by atoms with van der Waals surface area (Å²) in [4.78, 5) is 0. The van der Waals surface area contributed by atoms with Crippen molar-refractivity contribution in [2.75, 3.05) is 13.7 Å². The Morgan fingerprint density at radius 2 is 2.06 bits per heavy atom. The Hall–Kier alpha value is -0.0800. The molecule has 1 aliphatic carbocycles. The summed E-state index contributed by atoms with van der Waals surface area (Å²) in [7, 11) is 1.78. The molecule has 0 spiro atoms. The lowest BCUT2D eigenvalue weighted by Crippen LogP contribution is -2.37. The van der Waals surface area contributed by atoms with Crippen molar-refractivity contribution in [1.82, 2.24) is 5.32 Å². The van der Waals surface area contributed by atoms with Gasteiger partial charge in [0.2, 0.25) is 0 Å². The van der Waals surface area contributed by atoms with E-state index in [0.29, 0.717) is 12.1 Å². The monoisotopic (exact) mass is 227 g/mol. The van der Waals surface area contributed by atoms with E-state index in [1.165, 1.54) is 32.1 Å². The average Bonchev–Trinajstić information content (AvgIpc) is 2.28. The minimum atomic E-state index is 0.310. The molecule has 1 saturated carbocycles. The van der Waals surface area contributed by atoms with Gasteiger partial charge in [-0.3, -0.25) is 0 Å². The summed E-state index contributed by atoms with van der Waals surface area (Å²) in [5.41, 5.74) is 0. The van der Waals surface area contributed by atoms with Gasteiger partial charge in [-0.15, -0.1) is 0 Å². The maximum atomic E-state index is 5.31. The van der Waals surface area contributed by atoms with Crippen molar-refractivity contribution >= 4 is 0 Å². The van der Waals surface area contributed by atoms with Gasteiger partial charge in [0.15, 0.2) is 0 Å². The minimum absolute atomic E-state index is 0.310. The molecule has 4 unspecified atom stereocenters. The zero-order chi connectivity index (χ0) is 12.0. The molecule has 0 radical (unpaired) electrons. The van der Waals surface area contributed by atoms with Gasteiger partial charge in [-0.1, -0.05) is 26.2 Å². The summed E-state index contributed by atoms with van der Waals surface area (Å²) in [5, 5.41) is 3.57. The summed E-state index contributed by atoms with van der Waals surface area (Å²) in [6, 6.07) is 0.464. The lowest BCUT2D eigenvalue weighted by atomic mass is 9.81. The second-order valence-electron chi connectivity index (χ2n) is 5.61. The van der Waals surface area contributed by atoms with Gasteiger partial charge in [0, 0.05) is 13.2 Å². The molecule has 96 valence electrons. The summed E-state index contributed by atoms with van der Waals surface area (Å²) in [6.45, 7) is 7.87. The number of rotatable bonds is 6. The van der Waals surface area contributed by atoms with Crippen LogP contribution in [0.5, 0.6) is 0 Å². The van der Waals surface area contributed by atoms with Gasteiger partial charge in [0.25, 0.3) is 0 Å². The topological polar surface area (TPSA) is 21.3 Å². The van der Waals surface area contributed by atoms with Crippen LogP contribution in [0, 0.1) is 11.8 Å². The first-order chi connectivity index (χ1) is 7.63. The van der Waals surface area contributed by atoms with E-state index in [9.17, 15) is 0 Å². The molecular formula is C14H29NO. The maximum Gasteiger partial charge on any atom is 0.0693 e. The van der Waals surface area contributed by atoms with Crippen LogP contribution in [-0.4, -0.2) is 25.8 Å². The second-order valence-corrected chi connectivity index (χ2v) is 5.61. The second kappa shape index (κ2) is 7.29. The molecule has 0 amide bonds. The Balaban J connectivity index is 2.10. The highest BCUT2D eigenvalue weighted by atomic mass is 16.5. The van der Waals surface area contributed by atoms with Gasteiger partial charge < -0.3 is 10.1 Å². The quantitative estimate of drug-likeness (QED) is 0.752. The Morgan fingerprint density at radius 1 is 1.31 bits per heavy atom. The maximum absolute atomic E-state index is 5.31. The summed E-state index contributed by atoms with van der Waals surface area (Å²) < 4.78 is 5.31. The predicted molar refractivity (Wildman–Crippen MR) is 69.7 cm³/mol. The van der Waals surface area contributed by atoms with Crippen molar-refractivity contribution in [3.63, 3.8) is 0 Å². The van der Waals surface area contributed by atoms with Crippen molar-refractivity contribution in [1.29, 1.82) is 0 Å². The van der Waals surface area contributed by atoms with Crippen LogP contribution in [0.2, 0.25) is 0 Å². The molecule has 0 bridgehead atoms. The van der Waals surface area contributed by atoms with Crippen LogP contribution in [0.4, 0.5) is 0 Å². The van der Waals surface area contributed by atoms with Crippen LogP contribution in [0.1, 0.15) is 52.9 Å². The van der Waals surface area contributed by atoms with E-state index in [2.05, 4.69) is 26.1 Å². The molecule has 0 aromatic carbocycles. The lowest BCUT2D eigenvalue weighted by molar-refractivity contribution is 0.0878. The fourth-order valence-corrected chi connectivity index (χ4v) is 2.71. The van der Waals surface area contributed by atoms with Crippen molar-refractivity contribution in [3.8, 4) is 0 Å². The highest BCUT2D eigenvalue weighted by molar-refractivity contribution is 4.73. The summed E-state index contributed by atoms with van der Waals surface area (Å²) in [5.74, 6) is 1.91. The predicted octanol–water partition coefficient (Wildman–Crippen LogP) is 3.22. The SMILES string of the molecule is COC(C)C(C)NCCC1CCCC(C)C1. The fourth-order valence-electron chi connectivity index (χ4n) is 2.71. The summed E-state index contributed by atoms with van der Waals surface area (Å²) in [6.07, 6.45) is 7.42. The zero-order valence-corrected chi connectivity index (χ0v) is 11.5. The van der Waals surface area contributed by atoms with Crippen molar-refractivity contribution in [2.45, 2.75) is 65.0 Å². The average molecular weight is 227 g/mol. The van der Waals surface area contributed by atoms with Crippen LogP contribution >= 0.6 is 0 Å². The normalized spacial score (nSPS) is 30.0. The largest absolute Gasteiger partial charge is 0.380 e. The van der Waals surface area contributed by atoms with Crippen LogP contribution in [0.3, 0.4) is 0 Å². The molecule has 4 atom stereocenters.